The SMILES string of the molecule is CC(=O)CCc1sc(-c2ccccc2F)nc1C. The van der Waals surface area contributed by atoms with Gasteiger partial charge >= 0.3 is 0 Å². The maximum Gasteiger partial charge on any atom is 0.133 e. The highest BCUT2D eigenvalue weighted by Crippen LogP contribution is 2.30. The van der Waals surface area contributed by atoms with Gasteiger partial charge in [-0.3, -0.25) is 0 Å². The molecule has 2 aromatic rings. The molecule has 1 aromatic carbocycles. The van der Waals surface area contributed by atoms with Crippen LogP contribution >= 0.6 is 11.3 Å². The summed E-state index contributed by atoms with van der Waals surface area (Å²) in [4.78, 5) is 16.4. The van der Waals surface area contributed by atoms with Crippen molar-refractivity contribution in [2.75, 3.05) is 0 Å². The molecule has 0 saturated heterocycles. The van der Waals surface area contributed by atoms with Gasteiger partial charge in [-0.15, -0.1) is 11.3 Å². The van der Waals surface area contributed by atoms with E-state index in [0.29, 0.717) is 23.4 Å². The normalized spacial score (nSPS) is 10.6. The lowest BCUT2D eigenvalue weighted by atomic mass is 10.2. The highest BCUT2D eigenvalue weighted by atomic mass is 32.1. The highest BCUT2D eigenvalue weighted by Gasteiger charge is 2.12. The van der Waals surface area contributed by atoms with Crippen LogP contribution in [-0.2, 0) is 11.2 Å². The van der Waals surface area contributed by atoms with Gasteiger partial charge in [0, 0.05) is 16.9 Å². The van der Waals surface area contributed by atoms with Crippen LogP contribution in [0, 0.1) is 12.7 Å². The van der Waals surface area contributed by atoms with Gasteiger partial charge in [0.1, 0.15) is 16.6 Å². The van der Waals surface area contributed by atoms with E-state index in [1.807, 2.05) is 6.92 Å². The van der Waals surface area contributed by atoms with Crippen molar-refractivity contribution in [3.05, 3.63) is 40.7 Å². The fourth-order valence-corrected chi connectivity index (χ4v) is 2.79. The second-order valence-electron chi connectivity index (χ2n) is 4.21. The topological polar surface area (TPSA) is 30.0 Å². The molecule has 0 atom stereocenters. The number of hydrogen-bond donors (Lipinski definition) is 0. The molecule has 0 unspecified atom stereocenters. The minimum atomic E-state index is -0.260. The maximum absolute atomic E-state index is 13.6. The molecule has 0 spiro atoms. The molecule has 1 aromatic heterocycles. The van der Waals surface area contributed by atoms with Gasteiger partial charge in [0.2, 0.25) is 0 Å². The minimum Gasteiger partial charge on any atom is -0.300 e. The summed E-state index contributed by atoms with van der Waals surface area (Å²) < 4.78 is 13.6. The Hall–Kier alpha value is -1.55. The number of carbonyl (C=O) groups excluding carboxylic acids is 1. The van der Waals surface area contributed by atoms with Crippen LogP contribution in [0.4, 0.5) is 4.39 Å². The molecule has 0 N–H and O–H groups in total. The van der Waals surface area contributed by atoms with Crippen molar-refractivity contribution < 1.29 is 9.18 Å². The highest BCUT2D eigenvalue weighted by molar-refractivity contribution is 7.15. The Kier molecular flexibility index (Phi) is 3.87. The van der Waals surface area contributed by atoms with Crippen molar-refractivity contribution in [2.24, 2.45) is 0 Å². The van der Waals surface area contributed by atoms with E-state index >= 15 is 0 Å². The fraction of sp³-hybridized carbons (Fsp3) is 0.286. The van der Waals surface area contributed by atoms with Crippen molar-refractivity contribution in [1.82, 2.24) is 4.98 Å². The zero-order valence-corrected chi connectivity index (χ0v) is 11.2. The molecule has 0 saturated carbocycles. The average Bonchev–Trinajstić information content (AvgIpc) is 2.68. The molecule has 18 heavy (non-hydrogen) atoms. The fourth-order valence-electron chi connectivity index (χ4n) is 1.70. The van der Waals surface area contributed by atoms with Gasteiger partial charge in [-0.05, 0) is 32.4 Å². The Labute approximate surface area is 110 Å². The van der Waals surface area contributed by atoms with Crippen LogP contribution in [0.3, 0.4) is 0 Å². The minimum absolute atomic E-state index is 0.162. The summed E-state index contributed by atoms with van der Waals surface area (Å²) in [5.74, 6) is -0.0976. The average molecular weight is 263 g/mol. The molecule has 2 rings (SSSR count). The molecule has 0 radical (unpaired) electrons. The molecule has 2 nitrogen and oxygen atoms in total. The first-order valence-electron chi connectivity index (χ1n) is 5.78. The van der Waals surface area contributed by atoms with E-state index in [0.717, 1.165) is 10.6 Å². The van der Waals surface area contributed by atoms with E-state index in [4.69, 9.17) is 0 Å². The predicted molar refractivity (Wildman–Crippen MR) is 71.2 cm³/mol. The number of Topliss-reactive ketones (excluding diaryl/α,β-unsaturated/α-hetero) is 1. The number of thiazole rings is 1. The summed E-state index contributed by atoms with van der Waals surface area (Å²) in [6, 6.07) is 6.62. The second kappa shape index (κ2) is 5.40. The summed E-state index contributed by atoms with van der Waals surface area (Å²) in [6.07, 6.45) is 1.20. The molecular formula is C14H14FNOS. The number of aryl methyl sites for hydroxylation is 2. The third-order valence-corrected chi connectivity index (χ3v) is 3.95. The smallest absolute Gasteiger partial charge is 0.133 e. The van der Waals surface area contributed by atoms with Gasteiger partial charge in [-0.2, -0.15) is 0 Å². The lowest BCUT2D eigenvalue weighted by Gasteiger charge is -1.96. The Balaban J connectivity index is 2.29. The standard InChI is InChI=1S/C14H14FNOS/c1-9(17)7-8-13-10(2)16-14(18-13)11-5-3-4-6-12(11)15/h3-6H,7-8H2,1-2H3. The lowest BCUT2D eigenvalue weighted by Crippen LogP contribution is -1.93. The van der Waals surface area contributed by atoms with Crippen LogP contribution in [0.5, 0.6) is 0 Å². The van der Waals surface area contributed by atoms with Crippen molar-refractivity contribution in [3.8, 4) is 10.6 Å². The second-order valence-corrected chi connectivity index (χ2v) is 5.29. The number of halogens is 1. The van der Waals surface area contributed by atoms with Gasteiger partial charge in [-0.1, -0.05) is 12.1 Å². The molecule has 0 aliphatic heterocycles. The largest absolute Gasteiger partial charge is 0.300 e. The molecular weight excluding hydrogens is 249 g/mol. The summed E-state index contributed by atoms with van der Waals surface area (Å²) >= 11 is 1.47. The molecule has 0 bridgehead atoms. The van der Waals surface area contributed by atoms with Gasteiger partial charge in [0.25, 0.3) is 0 Å². The summed E-state index contributed by atoms with van der Waals surface area (Å²) in [6.45, 7) is 3.48. The third-order valence-electron chi connectivity index (χ3n) is 2.70. The van der Waals surface area contributed by atoms with Crippen LogP contribution in [0.1, 0.15) is 23.9 Å². The summed E-state index contributed by atoms with van der Waals surface area (Å²) in [5.41, 5.74) is 1.42. The number of carbonyl (C=O) groups is 1. The van der Waals surface area contributed by atoms with Crippen LogP contribution in [-0.4, -0.2) is 10.8 Å². The van der Waals surface area contributed by atoms with Gasteiger partial charge in [-0.25, -0.2) is 9.37 Å². The van der Waals surface area contributed by atoms with Crippen LogP contribution in [0.2, 0.25) is 0 Å². The van der Waals surface area contributed by atoms with Crippen LogP contribution in [0.15, 0.2) is 24.3 Å². The van der Waals surface area contributed by atoms with E-state index in [9.17, 15) is 9.18 Å². The van der Waals surface area contributed by atoms with E-state index in [-0.39, 0.29) is 11.6 Å². The molecule has 0 amide bonds. The maximum atomic E-state index is 13.6. The first-order chi connectivity index (χ1) is 8.58. The number of hydrogen-bond acceptors (Lipinski definition) is 3. The number of nitrogens with zero attached hydrogens (tertiary/aromatic N) is 1. The van der Waals surface area contributed by atoms with Crippen molar-refractivity contribution in [3.63, 3.8) is 0 Å². The molecule has 94 valence electrons. The predicted octanol–water partition coefficient (Wildman–Crippen LogP) is 3.78. The monoisotopic (exact) mass is 263 g/mol. The molecule has 0 aliphatic carbocycles. The van der Waals surface area contributed by atoms with Crippen molar-refractivity contribution in [2.45, 2.75) is 26.7 Å². The zero-order chi connectivity index (χ0) is 13.1. The molecule has 4 heteroatoms. The van der Waals surface area contributed by atoms with E-state index in [2.05, 4.69) is 4.98 Å². The van der Waals surface area contributed by atoms with Crippen LogP contribution in [0.25, 0.3) is 10.6 Å². The van der Waals surface area contributed by atoms with Gasteiger partial charge in [0.05, 0.1) is 5.69 Å². The number of rotatable bonds is 4. The van der Waals surface area contributed by atoms with E-state index in [1.165, 1.54) is 17.4 Å². The van der Waals surface area contributed by atoms with E-state index in [1.54, 1.807) is 25.1 Å². The lowest BCUT2D eigenvalue weighted by molar-refractivity contribution is -0.116. The Morgan fingerprint density at radius 1 is 1.39 bits per heavy atom. The first-order valence-corrected chi connectivity index (χ1v) is 6.60. The third kappa shape index (κ3) is 2.82. The molecule has 0 aliphatic rings. The Bertz CT molecular complexity index is 577. The van der Waals surface area contributed by atoms with Crippen molar-refractivity contribution >= 4 is 17.1 Å². The first kappa shape index (κ1) is 12.9. The van der Waals surface area contributed by atoms with Crippen molar-refractivity contribution in [1.29, 1.82) is 0 Å². The van der Waals surface area contributed by atoms with E-state index < -0.39 is 0 Å². The summed E-state index contributed by atoms with van der Waals surface area (Å²) in [7, 11) is 0. The summed E-state index contributed by atoms with van der Waals surface area (Å²) in [5, 5.41) is 0.684. The number of ketones is 1. The molecule has 0 fully saturated rings. The number of benzene rings is 1. The van der Waals surface area contributed by atoms with Gasteiger partial charge < -0.3 is 4.79 Å². The molecule has 1 heterocycles. The van der Waals surface area contributed by atoms with Gasteiger partial charge in [0.15, 0.2) is 0 Å². The Morgan fingerprint density at radius 2 is 2.11 bits per heavy atom. The number of aromatic nitrogens is 1. The Morgan fingerprint density at radius 3 is 2.78 bits per heavy atom. The zero-order valence-electron chi connectivity index (χ0n) is 10.4. The quantitative estimate of drug-likeness (QED) is 0.840. The van der Waals surface area contributed by atoms with Crippen LogP contribution < -0.4 is 0 Å².